The second-order valence-electron chi connectivity index (χ2n) is 6.26. The van der Waals surface area contributed by atoms with Gasteiger partial charge in [-0.1, -0.05) is 29.8 Å². The van der Waals surface area contributed by atoms with Crippen LogP contribution in [0.2, 0.25) is 5.02 Å². The maximum absolute atomic E-state index is 6.26. The van der Waals surface area contributed by atoms with Gasteiger partial charge in [0.15, 0.2) is 6.79 Å². The van der Waals surface area contributed by atoms with Crippen molar-refractivity contribution in [1.29, 1.82) is 0 Å². The molecule has 0 spiro atoms. The lowest BCUT2D eigenvalue weighted by molar-refractivity contribution is -0.0174. The van der Waals surface area contributed by atoms with E-state index in [4.69, 9.17) is 21.1 Å². The van der Waals surface area contributed by atoms with Crippen molar-refractivity contribution in [3.8, 4) is 5.75 Å². The smallest absolute Gasteiger partial charge is 0.189 e. The first-order valence-corrected chi connectivity index (χ1v) is 8.71. The molecule has 2 aromatic rings. The summed E-state index contributed by atoms with van der Waals surface area (Å²) < 4.78 is 11.1. The highest BCUT2D eigenvalue weighted by Crippen LogP contribution is 2.32. The van der Waals surface area contributed by atoms with Gasteiger partial charge in [0.05, 0.1) is 6.61 Å². The zero-order valence-electron chi connectivity index (χ0n) is 13.6. The Morgan fingerprint density at radius 1 is 1.00 bits per heavy atom. The van der Waals surface area contributed by atoms with E-state index in [0.29, 0.717) is 13.4 Å². The van der Waals surface area contributed by atoms with Crippen molar-refractivity contribution in [1.82, 2.24) is 4.90 Å². The molecule has 0 bridgehead atoms. The van der Waals surface area contributed by atoms with Crippen molar-refractivity contribution in [3.63, 3.8) is 0 Å². The highest BCUT2D eigenvalue weighted by Gasteiger charge is 2.21. The number of piperazine rings is 1. The van der Waals surface area contributed by atoms with Crippen molar-refractivity contribution in [2.24, 2.45) is 0 Å². The normalized spacial score (nSPS) is 18.1. The first kappa shape index (κ1) is 15.8. The Hall–Kier alpha value is -1.75. The predicted octanol–water partition coefficient (Wildman–Crippen LogP) is 3.53. The lowest BCUT2D eigenvalue weighted by Crippen LogP contribution is -2.46. The van der Waals surface area contributed by atoms with Crippen LogP contribution in [-0.4, -0.2) is 37.9 Å². The fourth-order valence-corrected chi connectivity index (χ4v) is 3.68. The van der Waals surface area contributed by atoms with Gasteiger partial charge in [0.25, 0.3) is 0 Å². The zero-order valence-corrected chi connectivity index (χ0v) is 14.3. The zero-order chi connectivity index (χ0) is 16.4. The van der Waals surface area contributed by atoms with E-state index in [1.165, 1.54) is 5.69 Å². The fourth-order valence-electron chi connectivity index (χ4n) is 3.42. The maximum atomic E-state index is 6.26. The largest absolute Gasteiger partial charge is 0.467 e. The van der Waals surface area contributed by atoms with E-state index < -0.39 is 0 Å². The molecule has 0 N–H and O–H groups in total. The summed E-state index contributed by atoms with van der Waals surface area (Å²) in [6.45, 7) is 5.91. The van der Waals surface area contributed by atoms with E-state index in [9.17, 15) is 0 Å². The molecular weight excluding hydrogens is 324 g/mol. The van der Waals surface area contributed by atoms with Crippen molar-refractivity contribution in [3.05, 3.63) is 58.6 Å². The molecule has 0 aliphatic carbocycles. The van der Waals surface area contributed by atoms with E-state index in [0.717, 1.165) is 54.6 Å². The number of rotatable bonds is 3. The molecule has 126 valence electrons. The van der Waals surface area contributed by atoms with Crippen LogP contribution in [0.5, 0.6) is 5.75 Å². The van der Waals surface area contributed by atoms with Crippen LogP contribution in [0, 0.1) is 0 Å². The van der Waals surface area contributed by atoms with E-state index in [-0.39, 0.29) is 0 Å². The molecule has 0 amide bonds. The molecule has 0 saturated carbocycles. The van der Waals surface area contributed by atoms with E-state index in [1.54, 1.807) is 0 Å². The Kier molecular flexibility index (Phi) is 4.60. The number of anilines is 1. The van der Waals surface area contributed by atoms with Gasteiger partial charge in [-0.2, -0.15) is 0 Å². The minimum atomic E-state index is 0.323. The third-order valence-corrected chi connectivity index (χ3v) is 4.86. The molecule has 4 rings (SSSR count). The van der Waals surface area contributed by atoms with Crippen LogP contribution in [0.4, 0.5) is 5.69 Å². The minimum absolute atomic E-state index is 0.323. The average molecular weight is 345 g/mol. The molecule has 5 heteroatoms. The molecule has 2 aliphatic rings. The second kappa shape index (κ2) is 7.01. The third-order valence-electron chi connectivity index (χ3n) is 4.64. The summed E-state index contributed by atoms with van der Waals surface area (Å²) in [7, 11) is 0. The van der Waals surface area contributed by atoms with Crippen LogP contribution in [0.1, 0.15) is 11.1 Å². The Morgan fingerprint density at radius 2 is 1.79 bits per heavy atom. The minimum Gasteiger partial charge on any atom is -0.467 e. The summed E-state index contributed by atoms with van der Waals surface area (Å²) in [4.78, 5) is 4.90. The summed E-state index contributed by atoms with van der Waals surface area (Å²) in [6.07, 6.45) is 0. The van der Waals surface area contributed by atoms with Crippen molar-refractivity contribution >= 4 is 17.3 Å². The van der Waals surface area contributed by atoms with E-state index in [2.05, 4.69) is 40.1 Å². The standard InChI is InChI=1S/C19H21ClN2O2/c20-17-10-15(19-16(11-17)13-23-14-24-19)12-21-6-8-22(9-7-21)18-4-2-1-3-5-18/h1-5,10-11H,6-9,12-14H2. The van der Waals surface area contributed by atoms with Gasteiger partial charge in [0.2, 0.25) is 0 Å². The fraction of sp³-hybridized carbons (Fsp3) is 0.368. The molecule has 1 saturated heterocycles. The Balaban J connectivity index is 1.43. The van der Waals surface area contributed by atoms with Crippen molar-refractivity contribution in [2.75, 3.05) is 37.9 Å². The van der Waals surface area contributed by atoms with Crippen molar-refractivity contribution in [2.45, 2.75) is 13.2 Å². The number of fused-ring (bicyclic) bond motifs is 1. The molecule has 4 nitrogen and oxygen atoms in total. The molecule has 24 heavy (non-hydrogen) atoms. The number of nitrogens with zero attached hydrogens (tertiary/aromatic N) is 2. The van der Waals surface area contributed by atoms with Gasteiger partial charge in [-0.25, -0.2) is 0 Å². The third kappa shape index (κ3) is 3.36. The monoisotopic (exact) mass is 344 g/mol. The summed E-state index contributed by atoms with van der Waals surface area (Å²) in [5.41, 5.74) is 3.51. The van der Waals surface area contributed by atoms with Crippen LogP contribution < -0.4 is 9.64 Å². The Labute approximate surface area is 147 Å². The van der Waals surface area contributed by atoms with Gasteiger partial charge in [-0.05, 0) is 24.3 Å². The van der Waals surface area contributed by atoms with Crippen LogP contribution in [0.3, 0.4) is 0 Å². The summed E-state index contributed by atoms with van der Waals surface area (Å²) in [5, 5.41) is 0.751. The molecule has 0 aromatic heterocycles. The van der Waals surface area contributed by atoms with Crippen LogP contribution in [0.15, 0.2) is 42.5 Å². The highest BCUT2D eigenvalue weighted by molar-refractivity contribution is 6.30. The Morgan fingerprint density at radius 3 is 2.58 bits per heavy atom. The molecule has 0 atom stereocenters. The topological polar surface area (TPSA) is 24.9 Å². The lowest BCUT2D eigenvalue weighted by Gasteiger charge is -2.36. The van der Waals surface area contributed by atoms with Gasteiger partial charge >= 0.3 is 0 Å². The quantitative estimate of drug-likeness (QED) is 0.850. The van der Waals surface area contributed by atoms with Gasteiger partial charge in [0.1, 0.15) is 5.75 Å². The summed E-state index contributed by atoms with van der Waals surface area (Å²) >= 11 is 6.26. The van der Waals surface area contributed by atoms with Crippen molar-refractivity contribution < 1.29 is 9.47 Å². The van der Waals surface area contributed by atoms with Crippen LogP contribution in [0.25, 0.3) is 0 Å². The number of hydrogen-bond donors (Lipinski definition) is 0. The van der Waals surface area contributed by atoms with Gasteiger partial charge in [-0.3, -0.25) is 4.90 Å². The molecule has 0 radical (unpaired) electrons. The second-order valence-corrected chi connectivity index (χ2v) is 6.70. The van der Waals surface area contributed by atoms with Gasteiger partial charge in [-0.15, -0.1) is 0 Å². The van der Waals surface area contributed by atoms with Crippen LogP contribution >= 0.6 is 11.6 Å². The van der Waals surface area contributed by atoms with Gasteiger partial charge in [0, 0.05) is 54.6 Å². The average Bonchev–Trinajstić information content (AvgIpc) is 2.63. The molecular formula is C19H21ClN2O2. The van der Waals surface area contributed by atoms with Crippen LogP contribution in [-0.2, 0) is 17.9 Å². The molecule has 2 aromatic carbocycles. The first-order chi connectivity index (χ1) is 11.8. The Bertz CT molecular complexity index is 700. The first-order valence-electron chi connectivity index (χ1n) is 8.34. The van der Waals surface area contributed by atoms with E-state index in [1.807, 2.05) is 12.1 Å². The highest BCUT2D eigenvalue weighted by atomic mass is 35.5. The maximum Gasteiger partial charge on any atom is 0.189 e. The molecule has 2 aliphatic heterocycles. The summed E-state index contributed by atoms with van der Waals surface area (Å²) in [6, 6.07) is 14.6. The summed E-state index contributed by atoms with van der Waals surface area (Å²) in [5.74, 6) is 0.955. The van der Waals surface area contributed by atoms with Gasteiger partial charge < -0.3 is 14.4 Å². The lowest BCUT2D eigenvalue weighted by atomic mass is 10.1. The number of halogens is 1. The number of hydrogen-bond acceptors (Lipinski definition) is 4. The SMILES string of the molecule is Clc1cc2c(c(CN3CCN(c4ccccc4)CC3)c1)OCOC2. The number of benzene rings is 2. The molecule has 2 heterocycles. The predicted molar refractivity (Wildman–Crippen MR) is 95.7 cm³/mol. The van der Waals surface area contributed by atoms with E-state index >= 15 is 0 Å². The molecule has 0 unspecified atom stereocenters. The number of ether oxygens (including phenoxy) is 2. The molecule has 1 fully saturated rings. The number of para-hydroxylation sites is 1.